The maximum absolute atomic E-state index is 6.07. The molecular formula is C17H18ClIN6O2. The van der Waals surface area contributed by atoms with Crippen LogP contribution in [0.25, 0.3) is 11.6 Å². The number of aromatic nitrogens is 3. The second-order valence-electron chi connectivity index (χ2n) is 5.22. The maximum Gasteiger partial charge on any atom is 0.276 e. The summed E-state index contributed by atoms with van der Waals surface area (Å²) in [6.07, 6.45) is 2.16. The van der Waals surface area contributed by atoms with Crippen molar-refractivity contribution in [3.8, 4) is 17.3 Å². The lowest BCUT2D eigenvalue weighted by Gasteiger charge is -2.08. The van der Waals surface area contributed by atoms with Gasteiger partial charge in [0.2, 0.25) is 0 Å². The van der Waals surface area contributed by atoms with E-state index in [1.54, 1.807) is 37.6 Å². The molecule has 8 nitrogen and oxygen atoms in total. The van der Waals surface area contributed by atoms with Crippen molar-refractivity contribution in [1.82, 2.24) is 15.1 Å². The first-order valence-electron chi connectivity index (χ1n) is 7.80. The highest BCUT2D eigenvalue weighted by Gasteiger charge is 2.09. The zero-order chi connectivity index (χ0) is 18.4. The molecule has 0 amide bonds. The van der Waals surface area contributed by atoms with Crippen LogP contribution in [0.2, 0.25) is 5.02 Å². The smallest absolute Gasteiger partial charge is 0.276 e. The Hall–Kier alpha value is -2.40. The number of guanidine groups is 1. The number of nitrogens with one attached hydrogen (secondary N) is 1. The van der Waals surface area contributed by atoms with Crippen LogP contribution < -0.4 is 15.8 Å². The van der Waals surface area contributed by atoms with Crippen LogP contribution in [0.4, 0.5) is 5.69 Å². The molecule has 3 rings (SSSR count). The quantitative estimate of drug-likeness (QED) is 0.303. The summed E-state index contributed by atoms with van der Waals surface area (Å²) in [6.45, 7) is 0.407. The van der Waals surface area contributed by atoms with E-state index >= 15 is 0 Å². The van der Waals surface area contributed by atoms with Crippen molar-refractivity contribution in [2.24, 2.45) is 10.7 Å². The zero-order valence-electron chi connectivity index (χ0n) is 14.4. The molecule has 0 saturated heterocycles. The van der Waals surface area contributed by atoms with Gasteiger partial charge in [-0.05, 0) is 30.3 Å². The number of hydrogen-bond donors (Lipinski definition) is 2. The Kier molecular flexibility index (Phi) is 7.80. The van der Waals surface area contributed by atoms with Gasteiger partial charge in [0, 0.05) is 24.8 Å². The van der Waals surface area contributed by atoms with Crippen LogP contribution >= 0.6 is 35.6 Å². The second-order valence-corrected chi connectivity index (χ2v) is 5.63. The van der Waals surface area contributed by atoms with Crippen molar-refractivity contribution < 1.29 is 9.26 Å². The maximum atomic E-state index is 6.07. The molecule has 3 N–H and O–H groups in total. The molecule has 0 saturated carbocycles. The number of anilines is 1. The van der Waals surface area contributed by atoms with Crippen LogP contribution in [0.5, 0.6) is 5.75 Å². The van der Waals surface area contributed by atoms with Crippen LogP contribution in [0.1, 0.15) is 5.82 Å². The summed E-state index contributed by atoms with van der Waals surface area (Å²) in [5.41, 5.74) is 7.23. The summed E-state index contributed by atoms with van der Waals surface area (Å²) in [7, 11) is 1.56. The first-order chi connectivity index (χ1) is 12.7. The van der Waals surface area contributed by atoms with Gasteiger partial charge in [-0.3, -0.25) is 9.98 Å². The zero-order valence-corrected chi connectivity index (χ0v) is 17.5. The van der Waals surface area contributed by atoms with E-state index in [1.807, 2.05) is 12.1 Å². The molecule has 142 valence electrons. The van der Waals surface area contributed by atoms with Crippen molar-refractivity contribution in [3.63, 3.8) is 0 Å². The number of aliphatic imine (C=N–C) groups is 1. The third kappa shape index (κ3) is 5.79. The molecule has 0 atom stereocenters. The van der Waals surface area contributed by atoms with Gasteiger partial charge in [-0.25, -0.2) is 0 Å². The van der Waals surface area contributed by atoms with Gasteiger partial charge in [0.15, 0.2) is 11.8 Å². The van der Waals surface area contributed by atoms with Gasteiger partial charge >= 0.3 is 0 Å². The molecule has 2 heterocycles. The minimum atomic E-state index is 0. The lowest BCUT2D eigenvalue weighted by molar-refractivity contribution is 0.415. The highest BCUT2D eigenvalue weighted by atomic mass is 127. The van der Waals surface area contributed by atoms with Crippen LogP contribution in [-0.4, -0.2) is 34.7 Å². The van der Waals surface area contributed by atoms with Gasteiger partial charge < -0.3 is 20.3 Å². The van der Waals surface area contributed by atoms with Crippen molar-refractivity contribution in [3.05, 3.63) is 53.4 Å². The Morgan fingerprint density at radius 3 is 2.89 bits per heavy atom. The van der Waals surface area contributed by atoms with Gasteiger partial charge in [-0.2, -0.15) is 4.98 Å². The summed E-state index contributed by atoms with van der Waals surface area (Å²) in [5, 5.41) is 7.37. The normalized spacial score (nSPS) is 11.0. The standard InChI is InChI=1S/C17H17ClN6O2.HI/c1-25-14-6-5-11(10-12(14)18)22-17(19)21-9-7-15-23-16(26-24-15)13-4-2-3-8-20-13;/h2-6,8,10H,7,9H2,1H3,(H3,19,21,22);1H. The van der Waals surface area contributed by atoms with Gasteiger partial charge in [0.05, 0.1) is 12.1 Å². The molecule has 0 aliphatic heterocycles. The van der Waals surface area contributed by atoms with Gasteiger partial charge in [-0.1, -0.05) is 22.8 Å². The first-order valence-corrected chi connectivity index (χ1v) is 8.18. The molecule has 0 aliphatic carbocycles. The third-order valence-corrected chi connectivity index (χ3v) is 3.69. The molecule has 0 aliphatic rings. The van der Waals surface area contributed by atoms with Crippen molar-refractivity contribution in [2.45, 2.75) is 6.42 Å². The number of halogens is 2. The fourth-order valence-electron chi connectivity index (χ4n) is 2.16. The SMILES string of the molecule is COc1ccc(NC(N)=NCCc2noc(-c3ccccn3)n2)cc1Cl.I. The number of benzene rings is 1. The minimum absolute atomic E-state index is 0. The minimum Gasteiger partial charge on any atom is -0.495 e. The molecule has 10 heteroatoms. The monoisotopic (exact) mass is 500 g/mol. The molecule has 2 aromatic heterocycles. The number of nitrogens with two attached hydrogens (primary N) is 1. The summed E-state index contributed by atoms with van der Waals surface area (Å²) in [4.78, 5) is 12.7. The summed E-state index contributed by atoms with van der Waals surface area (Å²) >= 11 is 6.07. The Morgan fingerprint density at radius 1 is 1.33 bits per heavy atom. The van der Waals surface area contributed by atoms with E-state index in [9.17, 15) is 0 Å². The fourth-order valence-corrected chi connectivity index (χ4v) is 2.41. The molecule has 3 aromatic rings. The molecule has 27 heavy (non-hydrogen) atoms. The van der Waals surface area contributed by atoms with Crippen LogP contribution in [0.3, 0.4) is 0 Å². The molecule has 0 radical (unpaired) electrons. The first kappa shape index (κ1) is 20.9. The Labute approximate surface area is 178 Å². The predicted octanol–water partition coefficient (Wildman–Crippen LogP) is 3.38. The van der Waals surface area contributed by atoms with Crippen molar-refractivity contribution in [1.29, 1.82) is 0 Å². The Balaban J connectivity index is 0.00000261. The van der Waals surface area contributed by atoms with E-state index in [0.717, 1.165) is 0 Å². The predicted molar refractivity (Wildman–Crippen MR) is 115 cm³/mol. The molecule has 0 bridgehead atoms. The second kappa shape index (κ2) is 10.1. The van der Waals surface area contributed by atoms with Gasteiger partial charge in [0.25, 0.3) is 5.89 Å². The lowest BCUT2D eigenvalue weighted by Crippen LogP contribution is -2.23. The van der Waals surface area contributed by atoms with E-state index in [0.29, 0.717) is 46.8 Å². The Bertz CT molecular complexity index is 903. The highest BCUT2D eigenvalue weighted by Crippen LogP contribution is 2.27. The highest BCUT2D eigenvalue weighted by molar-refractivity contribution is 14.0. The summed E-state index contributed by atoms with van der Waals surface area (Å²) in [6, 6.07) is 10.7. The van der Waals surface area contributed by atoms with Gasteiger partial charge in [0.1, 0.15) is 11.4 Å². The van der Waals surface area contributed by atoms with Crippen molar-refractivity contribution >= 4 is 47.2 Å². The summed E-state index contributed by atoms with van der Waals surface area (Å²) in [5.74, 6) is 1.77. The number of pyridine rings is 1. The number of nitrogens with zero attached hydrogens (tertiary/aromatic N) is 4. The number of rotatable bonds is 6. The fraction of sp³-hybridized carbons (Fsp3) is 0.176. The molecule has 0 spiro atoms. The van der Waals surface area contributed by atoms with Crippen LogP contribution in [0, 0.1) is 0 Å². The van der Waals surface area contributed by atoms with Gasteiger partial charge in [-0.15, -0.1) is 24.0 Å². The molecule has 0 fully saturated rings. The van der Waals surface area contributed by atoms with E-state index in [1.165, 1.54) is 0 Å². The molecular weight excluding hydrogens is 483 g/mol. The third-order valence-electron chi connectivity index (χ3n) is 3.39. The largest absolute Gasteiger partial charge is 0.495 e. The van der Waals surface area contributed by atoms with E-state index < -0.39 is 0 Å². The van der Waals surface area contributed by atoms with Crippen LogP contribution in [-0.2, 0) is 6.42 Å². The number of ether oxygens (including phenoxy) is 1. The Morgan fingerprint density at radius 2 is 2.19 bits per heavy atom. The average molecular weight is 501 g/mol. The molecule has 0 unspecified atom stereocenters. The molecule has 1 aromatic carbocycles. The number of methoxy groups -OCH3 is 1. The topological polar surface area (TPSA) is 111 Å². The lowest BCUT2D eigenvalue weighted by atomic mass is 10.3. The van der Waals surface area contributed by atoms with E-state index in [-0.39, 0.29) is 29.9 Å². The van der Waals surface area contributed by atoms with E-state index in [2.05, 4.69) is 25.4 Å². The van der Waals surface area contributed by atoms with Crippen LogP contribution in [0.15, 0.2) is 52.1 Å². The average Bonchev–Trinajstić information content (AvgIpc) is 3.11. The van der Waals surface area contributed by atoms with Crippen molar-refractivity contribution in [2.75, 3.05) is 19.0 Å². The van der Waals surface area contributed by atoms with E-state index in [4.69, 9.17) is 26.6 Å². The number of hydrogen-bond acceptors (Lipinski definition) is 6. The summed E-state index contributed by atoms with van der Waals surface area (Å²) < 4.78 is 10.3.